The molecule has 0 radical (unpaired) electrons. The molecule has 0 bridgehead atoms. The minimum Gasteiger partial charge on any atom is -0.382 e. The Hall–Kier alpha value is -0.160. The number of hydrogen-bond donors (Lipinski definition) is 1. The lowest BCUT2D eigenvalue weighted by Crippen LogP contribution is -2.30. The zero-order valence-electron chi connectivity index (χ0n) is 9.67. The van der Waals surface area contributed by atoms with Crippen molar-refractivity contribution in [2.75, 3.05) is 46.7 Å². The van der Waals surface area contributed by atoms with Crippen molar-refractivity contribution < 1.29 is 14.2 Å². The average Bonchev–Trinajstić information content (AvgIpc) is 2.75. The number of rotatable bonds is 9. The van der Waals surface area contributed by atoms with E-state index in [0.29, 0.717) is 19.3 Å². The summed E-state index contributed by atoms with van der Waals surface area (Å²) in [6, 6.07) is 0.583. The first-order valence-electron chi connectivity index (χ1n) is 5.81. The van der Waals surface area contributed by atoms with E-state index < -0.39 is 0 Å². The van der Waals surface area contributed by atoms with Crippen molar-refractivity contribution in [3.05, 3.63) is 0 Å². The maximum absolute atomic E-state index is 5.37. The highest BCUT2D eigenvalue weighted by atomic mass is 16.5. The second-order valence-electron chi connectivity index (χ2n) is 3.83. The maximum atomic E-state index is 5.37. The molecule has 1 rings (SSSR count). The molecule has 0 amide bonds. The van der Waals surface area contributed by atoms with Crippen molar-refractivity contribution in [1.82, 2.24) is 5.32 Å². The van der Waals surface area contributed by atoms with Gasteiger partial charge >= 0.3 is 0 Å². The fourth-order valence-corrected chi connectivity index (χ4v) is 1.58. The fraction of sp³-hybridized carbons (Fsp3) is 1.00. The van der Waals surface area contributed by atoms with E-state index in [0.717, 1.165) is 39.2 Å². The van der Waals surface area contributed by atoms with Gasteiger partial charge in [0.15, 0.2) is 0 Å². The van der Waals surface area contributed by atoms with Crippen LogP contribution in [0.4, 0.5) is 0 Å². The average molecular weight is 217 g/mol. The summed E-state index contributed by atoms with van der Waals surface area (Å²) in [6.45, 7) is 5.11. The lowest BCUT2D eigenvalue weighted by molar-refractivity contribution is 0.0687. The first-order valence-corrected chi connectivity index (χ1v) is 5.81. The van der Waals surface area contributed by atoms with E-state index in [1.807, 2.05) is 0 Å². The van der Waals surface area contributed by atoms with E-state index in [9.17, 15) is 0 Å². The summed E-state index contributed by atoms with van der Waals surface area (Å²) in [4.78, 5) is 0. The van der Waals surface area contributed by atoms with Crippen LogP contribution in [0.3, 0.4) is 0 Å². The molecular formula is C11H23NO3. The smallest absolute Gasteiger partial charge is 0.0700 e. The van der Waals surface area contributed by atoms with Gasteiger partial charge in [-0.1, -0.05) is 0 Å². The summed E-state index contributed by atoms with van der Waals surface area (Å²) < 4.78 is 15.5. The predicted molar refractivity (Wildman–Crippen MR) is 59.2 cm³/mol. The SMILES string of the molecule is COCCOCCCCNC1CCOC1. The van der Waals surface area contributed by atoms with Crippen LogP contribution in [0.2, 0.25) is 0 Å². The van der Waals surface area contributed by atoms with Crippen molar-refractivity contribution in [2.45, 2.75) is 25.3 Å². The van der Waals surface area contributed by atoms with Gasteiger partial charge in [0.1, 0.15) is 0 Å². The Balaban J connectivity index is 1.73. The molecule has 1 saturated heterocycles. The van der Waals surface area contributed by atoms with Crippen LogP contribution in [0, 0.1) is 0 Å². The van der Waals surface area contributed by atoms with Gasteiger partial charge in [0.2, 0.25) is 0 Å². The third kappa shape index (κ3) is 6.84. The lowest BCUT2D eigenvalue weighted by Gasteiger charge is -2.09. The molecular weight excluding hydrogens is 194 g/mol. The molecule has 1 aliphatic heterocycles. The highest BCUT2D eigenvalue weighted by Gasteiger charge is 2.13. The minimum absolute atomic E-state index is 0.583. The highest BCUT2D eigenvalue weighted by Crippen LogP contribution is 2.03. The molecule has 1 heterocycles. The Morgan fingerprint density at radius 1 is 1.27 bits per heavy atom. The molecule has 0 aromatic carbocycles. The molecule has 0 saturated carbocycles. The van der Waals surface area contributed by atoms with Crippen LogP contribution in [-0.2, 0) is 14.2 Å². The quantitative estimate of drug-likeness (QED) is 0.580. The standard InChI is InChI=1S/C11H23NO3/c1-13-8-9-14-6-3-2-5-12-11-4-7-15-10-11/h11-12H,2-10H2,1H3. The summed E-state index contributed by atoms with van der Waals surface area (Å²) in [5, 5.41) is 3.48. The molecule has 1 atom stereocenters. The minimum atomic E-state index is 0.583. The van der Waals surface area contributed by atoms with Crippen LogP contribution in [0.25, 0.3) is 0 Å². The molecule has 1 aliphatic rings. The first-order chi connectivity index (χ1) is 7.43. The van der Waals surface area contributed by atoms with Crippen molar-refractivity contribution in [3.63, 3.8) is 0 Å². The Morgan fingerprint density at radius 2 is 2.20 bits per heavy atom. The molecule has 1 unspecified atom stereocenters. The highest BCUT2D eigenvalue weighted by molar-refractivity contribution is 4.70. The summed E-state index contributed by atoms with van der Waals surface area (Å²) in [5.74, 6) is 0. The predicted octanol–water partition coefficient (Wildman–Crippen LogP) is 0.808. The van der Waals surface area contributed by atoms with Gasteiger partial charge in [0.25, 0.3) is 0 Å². The third-order valence-electron chi connectivity index (χ3n) is 2.51. The van der Waals surface area contributed by atoms with Crippen LogP contribution in [0.1, 0.15) is 19.3 Å². The summed E-state index contributed by atoms with van der Waals surface area (Å²) in [7, 11) is 1.69. The molecule has 0 aliphatic carbocycles. The van der Waals surface area contributed by atoms with E-state index in [2.05, 4.69) is 5.32 Å². The Labute approximate surface area is 92.3 Å². The second kappa shape index (κ2) is 9.09. The second-order valence-corrected chi connectivity index (χ2v) is 3.83. The molecule has 0 spiro atoms. The summed E-state index contributed by atoms with van der Waals surface area (Å²) >= 11 is 0. The van der Waals surface area contributed by atoms with Gasteiger partial charge in [-0.3, -0.25) is 0 Å². The van der Waals surface area contributed by atoms with Gasteiger partial charge in [0, 0.05) is 26.4 Å². The van der Waals surface area contributed by atoms with E-state index in [4.69, 9.17) is 14.2 Å². The number of methoxy groups -OCH3 is 1. The first kappa shape index (κ1) is 12.9. The number of nitrogens with one attached hydrogen (secondary N) is 1. The molecule has 4 heteroatoms. The molecule has 1 fully saturated rings. The molecule has 1 N–H and O–H groups in total. The van der Waals surface area contributed by atoms with Gasteiger partial charge in [-0.05, 0) is 25.8 Å². The monoisotopic (exact) mass is 217 g/mol. The van der Waals surface area contributed by atoms with Crippen molar-refractivity contribution in [1.29, 1.82) is 0 Å². The zero-order valence-corrected chi connectivity index (χ0v) is 9.67. The Kier molecular flexibility index (Phi) is 7.83. The zero-order chi connectivity index (χ0) is 10.8. The van der Waals surface area contributed by atoms with Crippen molar-refractivity contribution >= 4 is 0 Å². The normalized spacial score (nSPS) is 21.0. The largest absolute Gasteiger partial charge is 0.382 e. The van der Waals surface area contributed by atoms with Gasteiger partial charge in [-0.25, -0.2) is 0 Å². The van der Waals surface area contributed by atoms with Crippen LogP contribution in [0.15, 0.2) is 0 Å². The van der Waals surface area contributed by atoms with Crippen molar-refractivity contribution in [3.8, 4) is 0 Å². The molecule has 90 valence electrons. The number of ether oxygens (including phenoxy) is 3. The third-order valence-corrected chi connectivity index (χ3v) is 2.51. The van der Waals surface area contributed by atoms with Crippen molar-refractivity contribution in [2.24, 2.45) is 0 Å². The topological polar surface area (TPSA) is 39.7 Å². The lowest BCUT2D eigenvalue weighted by atomic mass is 10.2. The van der Waals surface area contributed by atoms with E-state index in [1.165, 1.54) is 6.42 Å². The van der Waals surface area contributed by atoms with Gasteiger partial charge in [0.05, 0.1) is 19.8 Å². The molecule has 4 nitrogen and oxygen atoms in total. The van der Waals surface area contributed by atoms with E-state index >= 15 is 0 Å². The molecule has 0 aromatic rings. The van der Waals surface area contributed by atoms with Crippen LogP contribution < -0.4 is 5.32 Å². The van der Waals surface area contributed by atoms with E-state index in [-0.39, 0.29) is 0 Å². The Morgan fingerprint density at radius 3 is 2.93 bits per heavy atom. The number of hydrogen-bond acceptors (Lipinski definition) is 4. The maximum Gasteiger partial charge on any atom is 0.0700 e. The van der Waals surface area contributed by atoms with E-state index in [1.54, 1.807) is 7.11 Å². The van der Waals surface area contributed by atoms with Crippen LogP contribution in [-0.4, -0.2) is 52.7 Å². The Bertz CT molecular complexity index is 138. The number of unbranched alkanes of at least 4 members (excludes halogenated alkanes) is 1. The molecule has 15 heavy (non-hydrogen) atoms. The van der Waals surface area contributed by atoms with Crippen LogP contribution in [0.5, 0.6) is 0 Å². The van der Waals surface area contributed by atoms with Gasteiger partial charge in [-0.15, -0.1) is 0 Å². The van der Waals surface area contributed by atoms with Crippen LogP contribution >= 0.6 is 0 Å². The van der Waals surface area contributed by atoms with Gasteiger partial charge in [-0.2, -0.15) is 0 Å². The summed E-state index contributed by atoms with van der Waals surface area (Å²) in [5.41, 5.74) is 0. The summed E-state index contributed by atoms with van der Waals surface area (Å²) in [6.07, 6.45) is 3.44. The van der Waals surface area contributed by atoms with Gasteiger partial charge < -0.3 is 19.5 Å². The molecule has 0 aromatic heterocycles. The fourth-order valence-electron chi connectivity index (χ4n) is 1.58.